The number of hydrogen-bond acceptors (Lipinski definition) is 4. The van der Waals surface area contributed by atoms with Gasteiger partial charge in [0.1, 0.15) is 17.3 Å². The number of pyridine rings is 1. The molecule has 0 N–H and O–H groups in total. The van der Waals surface area contributed by atoms with Crippen molar-refractivity contribution in [2.75, 3.05) is 16.5 Å². The van der Waals surface area contributed by atoms with Gasteiger partial charge in [0.15, 0.2) is 0 Å². The van der Waals surface area contributed by atoms with Gasteiger partial charge in [-0.15, -0.1) is 0 Å². The number of anilines is 2. The molecular formula is C53H47N5O. The third-order valence-corrected chi connectivity index (χ3v) is 11.6. The van der Waals surface area contributed by atoms with E-state index in [0.29, 0.717) is 0 Å². The van der Waals surface area contributed by atoms with Crippen LogP contribution >= 0.6 is 0 Å². The first-order valence-corrected chi connectivity index (χ1v) is 20.5. The summed E-state index contributed by atoms with van der Waals surface area (Å²) < 4.78 is 11.5. The average molecular weight is 770 g/mol. The number of benzene rings is 6. The lowest BCUT2D eigenvalue weighted by Crippen LogP contribution is -2.25. The summed E-state index contributed by atoms with van der Waals surface area (Å²) in [4.78, 5) is 9.78. The zero-order valence-electron chi connectivity index (χ0n) is 34.2. The van der Waals surface area contributed by atoms with Gasteiger partial charge in [0, 0.05) is 64.1 Å². The SMILES string of the molecule is CC(C)c1cc(-n2c3cc(Oc4cccc(N5C=CN(c6cccc(C(C)(C)C)c6)C5)c4)ccc3c3c2c2ccccc2n3-c2ccccc2)ncc1-c1ccccc1. The summed E-state index contributed by atoms with van der Waals surface area (Å²) in [5.74, 6) is 2.70. The van der Waals surface area contributed by atoms with Gasteiger partial charge in [0.05, 0.1) is 28.7 Å². The van der Waals surface area contributed by atoms with E-state index in [1.807, 2.05) is 6.07 Å². The van der Waals surface area contributed by atoms with Crippen LogP contribution in [0.15, 0.2) is 176 Å². The summed E-state index contributed by atoms with van der Waals surface area (Å²) >= 11 is 0. The molecule has 1 aliphatic heterocycles. The molecule has 0 amide bonds. The molecule has 0 fully saturated rings. The van der Waals surface area contributed by atoms with E-state index in [4.69, 9.17) is 9.72 Å². The molecule has 0 spiro atoms. The van der Waals surface area contributed by atoms with Gasteiger partial charge in [-0.05, 0) is 88.7 Å². The average Bonchev–Trinajstić information content (AvgIpc) is 3.97. The maximum atomic E-state index is 6.75. The highest BCUT2D eigenvalue weighted by atomic mass is 16.5. The van der Waals surface area contributed by atoms with E-state index in [-0.39, 0.29) is 11.3 Å². The van der Waals surface area contributed by atoms with Gasteiger partial charge >= 0.3 is 0 Å². The van der Waals surface area contributed by atoms with E-state index >= 15 is 0 Å². The molecule has 0 aliphatic carbocycles. The van der Waals surface area contributed by atoms with Crippen LogP contribution in [0.5, 0.6) is 11.5 Å². The minimum atomic E-state index is 0.0852. The zero-order valence-corrected chi connectivity index (χ0v) is 34.2. The first kappa shape index (κ1) is 36.3. The summed E-state index contributed by atoms with van der Waals surface area (Å²) in [5.41, 5.74) is 12.8. The molecule has 1 aliphatic rings. The van der Waals surface area contributed by atoms with Gasteiger partial charge < -0.3 is 19.1 Å². The van der Waals surface area contributed by atoms with Crippen molar-refractivity contribution in [3.8, 4) is 34.1 Å². The molecule has 9 aromatic rings. The summed E-state index contributed by atoms with van der Waals surface area (Å²) in [5, 5.41) is 2.29. The Morgan fingerprint density at radius 1 is 0.559 bits per heavy atom. The lowest BCUT2D eigenvalue weighted by Gasteiger charge is -2.24. The largest absolute Gasteiger partial charge is 0.457 e. The van der Waals surface area contributed by atoms with E-state index in [1.165, 1.54) is 22.4 Å². The highest BCUT2D eigenvalue weighted by molar-refractivity contribution is 6.20. The van der Waals surface area contributed by atoms with Crippen molar-refractivity contribution < 1.29 is 4.74 Å². The number of nitrogens with zero attached hydrogens (tertiary/aromatic N) is 5. The Labute approximate surface area is 345 Å². The second-order valence-electron chi connectivity index (χ2n) is 16.8. The van der Waals surface area contributed by atoms with Crippen LogP contribution in [-0.4, -0.2) is 20.8 Å². The number of rotatable bonds is 8. The molecule has 0 atom stereocenters. The van der Waals surface area contributed by atoms with E-state index in [0.717, 1.165) is 73.8 Å². The summed E-state index contributed by atoms with van der Waals surface area (Å²) in [7, 11) is 0. The molecule has 59 heavy (non-hydrogen) atoms. The number of ether oxygens (including phenoxy) is 1. The Kier molecular flexibility index (Phi) is 8.86. The van der Waals surface area contributed by atoms with E-state index in [9.17, 15) is 0 Å². The molecule has 6 heteroatoms. The van der Waals surface area contributed by atoms with Crippen molar-refractivity contribution >= 4 is 44.2 Å². The maximum absolute atomic E-state index is 6.75. The van der Waals surface area contributed by atoms with Gasteiger partial charge in [-0.2, -0.15) is 0 Å². The molecule has 0 saturated heterocycles. The van der Waals surface area contributed by atoms with Crippen molar-refractivity contribution in [2.45, 2.75) is 46.0 Å². The lowest BCUT2D eigenvalue weighted by atomic mass is 9.87. The fraction of sp³-hybridized carbons (Fsp3) is 0.151. The number of hydrogen-bond donors (Lipinski definition) is 0. The molecule has 3 aromatic heterocycles. The summed E-state index contributed by atoms with van der Waals surface area (Å²) in [6.07, 6.45) is 6.34. The normalized spacial score (nSPS) is 13.1. The van der Waals surface area contributed by atoms with E-state index < -0.39 is 0 Å². The quantitative estimate of drug-likeness (QED) is 0.154. The van der Waals surface area contributed by atoms with Gasteiger partial charge in [-0.25, -0.2) is 4.98 Å². The van der Waals surface area contributed by atoms with Gasteiger partial charge in [-0.1, -0.05) is 120 Å². The van der Waals surface area contributed by atoms with E-state index in [2.05, 4.69) is 224 Å². The number of para-hydroxylation sites is 2. The highest BCUT2D eigenvalue weighted by Gasteiger charge is 2.25. The van der Waals surface area contributed by atoms with Crippen molar-refractivity contribution in [3.63, 3.8) is 0 Å². The zero-order chi connectivity index (χ0) is 40.3. The van der Waals surface area contributed by atoms with Crippen molar-refractivity contribution in [2.24, 2.45) is 0 Å². The first-order valence-electron chi connectivity index (χ1n) is 20.5. The highest BCUT2D eigenvalue weighted by Crippen LogP contribution is 2.43. The van der Waals surface area contributed by atoms with Crippen LogP contribution in [0, 0.1) is 0 Å². The lowest BCUT2D eigenvalue weighted by molar-refractivity contribution is 0.483. The van der Waals surface area contributed by atoms with Crippen LogP contribution in [-0.2, 0) is 5.41 Å². The van der Waals surface area contributed by atoms with Crippen LogP contribution < -0.4 is 14.5 Å². The maximum Gasteiger partial charge on any atom is 0.137 e. The van der Waals surface area contributed by atoms with Crippen LogP contribution in [0.2, 0.25) is 0 Å². The molecule has 290 valence electrons. The number of aromatic nitrogens is 3. The first-order chi connectivity index (χ1) is 28.7. The Balaban J connectivity index is 1.08. The minimum Gasteiger partial charge on any atom is -0.457 e. The Morgan fingerprint density at radius 3 is 1.93 bits per heavy atom. The summed E-state index contributed by atoms with van der Waals surface area (Å²) in [6, 6.07) is 55.9. The standard InChI is InChI=1S/C53H47N5O/c1-36(2)46-33-50(54-34-47(46)37-16-8-6-9-17-37)58-49-32-43(26-27-45(49)51-52(58)44-24-12-13-25-48(44)57(51)39-19-10-7-11-20-39)59-42-23-15-22-41(31-42)56-29-28-55(35-56)40-21-14-18-38(30-40)53(3,4)5/h6-34,36H,35H2,1-5H3. The molecule has 0 radical (unpaired) electrons. The second kappa shape index (κ2) is 14.4. The number of fused-ring (bicyclic) bond motifs is 5. The molecular weight excluding hydrogens is 723 g/mol. The summed E-state index contributed by atoms with van der Waals surface area (Å²) in [6.45, 7) is 12.0. The van der Waals surface area contributed by atoms with Crippen LogP contribution in [0.3, 0.4) is 0 Å². The third-order valence-electron chi connectivity index (χ3n) is 11.6. The fourth-order valence-corrected chi connectivity index (χ4v) is 8.55. The van der Waals surface area contributed by atoms with Crippen LogP contribution in [0.1, 0.15) is 51.7 Å². The molecule has 0 unspecified atom stereocenters. The fourth-order valence-electron chi connectivity index (χ4n) is 8.55. The Hall–Kier alpha value is -7.05. The smallest absolute Gasteiger partial charge is 0.137 e. The van der Waals surface area contributed by atoms with Crippen molar-refractivity contribution in [1.29, 1.82) is 0 Å². The molecule has 4 heterocycles. The molecule has 0 bridgehead atoms. The molecule has 6 aromatic carbocycles. The monoisotopic (exact) mass is 769 g/mol. The van der Waals surface area contributed by atoms with Crippen molar-refractivity contribution in [1.82, 2.24) is 14.1 Å². The Bertz CT molecular complexity index is 3020. The van der Waals surface area contributed by atoms with E-state index in [1.54, 1.807) is 0 Å². The third kappa shape index (κ3) is 6.51. The molecule has 6 nitrogen and oxygen atoms in total. The van der Waals surface area contributed by atoms with Gasteiger partial charge in [0.2, 0.25) is 0 Å². The topological polar surface area (TPSA) is 38.5 Å². The second-order valence-corrected chi connectivity index (χ2v) is 16.8. The van der Waals surface area contributed by atoms with Crippen LogP contribution in [0.25, 0.3) is 55.5 Å². The van der Waals surface area contributed by atoms with Crippen LogP contribution in [0.4, 0.5) is 11.4 Å². The Morgan fingerprint density at radius 2 is 1.19 bits per heavy atom. The predicted molar refractivity (Wildman–Crippen MR) is 246 cm³/mol. The molecule has 10 rings (SSSR count). The van der Waals surface area contributed by atoms with Gasteiger partial charge in [0.25, 0.3) is 0 Å². The van der Waals surface area contributed by atoms with Gasteiger partial charge in [-0.3, -0.25) is 4.57 Å². The van der Waals surface area contributed by atoms with Crippen molar-refractivity contribution in [3.05, 3.63) is 187 Å². The predicted octanol–water partition coefficient (Wildman–Crippen LogP) is 13.8. The molecule has 0 saturated carbocycles. The minimum absolute atomic E-state index is 0.0852.